The predicted molar refractivity (Wildman–Crippen MR) is 70.6 cm³/mol. The maximum absolute atomic E-state index is 12.1. The molecule has 0 aliphatic carbocycles. The van der Waals surface area contributed by atoms with E-state index in [-0.39, 0.29) is 23.9 Å². The van der Waals surface area contributed by atoms with Gasteiger partial charge in [0.1, 0.15) is 0 Å². The van der Waals surface area contributed by atoms with Gasteiger partial charge in [0, 0.05) is 18.7 Å². The van der Waals surface area contributed by atoms with E-state index in [4.69, 9.17) is 10.3 Å². The van der Waals surface area contributed by atoms with E-state index in [1.807, 2.05) is 0 Å². The first-order valence-corrected chi connectivity index (χ1v) is 7.10. The SMILES string of the molecule is Cc1nc(CNS(=O)(=O)c2cc(N)ccc2[N+](=O)[O-])no1. The lowest BCUT2D eigenvalue weighted by Crippen LogP contribution is -2.24. The van der Waals surface area contributed by atoms with Gasteiger partial charge in [0.2, 0.25) is 15.9 Å². The zero-order chi connectivity index (χ0) is 15.6. The number of rotatable bonds is 5. The Hall–Kier alpha value is -2.53. The number of anilines is 1. The average Bonchev–Trinajstić information content (AvgIpc) is 2.82. The minimum absolute atomic E-state index is 0.0939. The molecule has 11 heteroatoms. The number of nitro benzene ring substituents is 1. The number of hydrogen-bond acceptors (Lipinski definition) is 8. The van der Waals surface area contributed by atoms with E-state index in [2.05, 4.69) is 14.9 Å². The molecule has 10 nitrogen and oxygen atoms in total. The van der Waals surface area contributed by atoms with Gasteiger partial charge < -0.3 is 10.3 Å². The number of aromatic nitrogens is 2. The minimum atomic E-state index is -4.14. The molecule has 0 fully saturated rings. The van der Waals surface area contributed by atoms with Gasteiger partial charge >= 0.3 is 0 Å². The zero-order valence-corrected chi connectivity index (χ0v) is 11.6. The number of sulfonamides is 1. The Kier molecular flexibility index (Phi) is 3.86. The van der Waals surface area contributed by atoms with Crippen molar-refractivity contribution in [3.8, 4) is 0 Å². The standard InChI is InChI=1S/C10H11N5O5S/c1-6-13-10(14-20-6)5-12-21(18,19)9-4-7(11)2-3-8(9)15(16)17/h2-4,12H,5,11H2,1H3. The lowest BCUT2D eigenvalue weighted by Gasteiger charge is -2.06. The molecule has 0 saturated heterocycles. The van der Waals surface area contributed by atoms with Crippen LogP contribution in [-0.4, -0.2) is 23.5 Å². The summed E-state index contributed by atoms with van der Waals surface area (Å²) in [6.07, 6.45) is 0. The summed E-state index contributed by atoms with van der Waals surface area (Å²) in [6, 6.07) is 3.30. The molecule has 112 valence electrons. The number of aryl methyl sites for hydroxylation is 1. The summed E-state index contributed by atoms with van der Waals surface area (Å²) in [5.41, 5.74) is 5.01. The summed E-state index contributed by atoms with van der Waals surface area (Å²) in [7, 11) is -4.14. The van der Waals surface area contributed by atoms with Crippen LogP contribution in [-0.2, 0) is 16.6 Å². The molecule has 1 heterocycles. The van der Waals surface area contributed by atoms with Gasteiger partial charge in [-0.2, -0.15) is 4.98 Å². The third kappa shape index (κ3) is 3.32. The largest absolute Gasteiger partial charge is 0.399 e. The van der Waals surface area contributed by atoms with Crippen LogP contribution < -0.4 is 10.5 Å². The molecule has 0 aliphatic heterocycles. The van der Waals surface area contributed by atoms with Crippen molar-refractivity contribution in [2.75, 3.05) is 5.73 Å². The number of nitrogen functional groups attached to an aromatic ring is 1. The summed E-state index contributed by atoms with van der Waals surface area (Å²) < 4.78 is 31.1. The van der Waals surface area contributed by atoms with E-state index >= 15 is 0 Å². The summed E-state index contributed by atoms with van der Waals surface area (Å²) in [5.74, 6) is 0.391. The van der Waals surface area contributed by atoms with E-state index in [1.165, 1.54) is 6.07 Å². The number of nitro groups is 1. The van der Waals surface area contributed by atoms with Crippen molar-refractivity contribution in [2.24, 2.45) is 0 Å². The summed E-state index contributed by atoms with van der Waals surface area (Å²) in [4.78, 5) is 13.4. The van der Waals surface area contributed by atoms with Gasteiger partial charge in [0.05, 0.1) is 11.5 Å². The third-order valence-electron chi connectivity index (χ3n) is 2.46. The molecule has 2 aromatic rings. The molecule has 3 N–H and O–H groups in total. The highest BCUT2D eigenvalue weighted by molar-refractivity contribution is 7.89. The first-order chi connectivity index (χ1) is 9.79. The van der Waals surface area contributed by atoms with Crippen molar-refractivity contribution in [1.29, 1.82) is 0 Å². The number of nitrogens with one attached hydrogen (secondary N) is 1. The van der Waals surface area contributed by atoms with Gasteiger partial charge in [-0.1, -0.05) is 5.16 Å². The van der Waals surface area contributed by atoms with Crippen molar-refractivity contribution in [2.45, 2.75) is 18.4 Å². The Balaban J connectivity index is 2.31. The Morgan fingerprint density at radius 3 is 2.76 bits per heavy atom. The Bertz CT molecular complexity index is 785. The van der Waals surface area contributed by atoms with Crippen LogP contribution in [0.5, 0.6) is 0 Å². The molecule has 0 spiro atoms. The van der Waals surface area contributed by atoms with E-state index in [1.54, 1.807) is 6.92 Å². The lowest BCUT2D eigenvalue weighted by atomic mass is 10.3. The van der Waals surface area contributed by atoms with E-state index in [0.717, 1.165) is 12.1 Å². The monoisotopic (exact) mass is 313 g/mol. The fourth-order valence-electron chi connectivity index (χ4n) is 1.55. The van der Waals surface area contributed by atoms with Crippen molar-refractivity contribution >= 4 is 21.4 Å². The number of hydrogen-bond donors (Lipinski definition) is 2. The van der Waals surface area contributed by atoms with E-state index in [9.17, 15) is 18.5 Å². The molecular weight excluding hydrogens is 302 g/mol. The van der Waals surface area contributed by atoms with Gasteiger partial charge in [0.25, 0.3) is 5.69 Å². The third-order valence-corrected chi connectivity index (χ3v) is 3.89. The number of benzene rings is 1. The molecule has 1 aromatic carbocycles. The molecular formula is C10H11N5O5S. The highest BCUT2D eigenvalue weighted by atomic mass is 32.2. The fraction of sp³-hybridized carbons (Fsp3) is 0.200. The second kappa shape index (κ2) is 5.46. The van der Waals surface area contributed by atoms with Crippen molar-refractivity contribution < 1.29 is 17.9 Å². The molecule has 0 bridgehead atoms. The molecule has 21 heavy (non-hydrogen) atoms. The van der Waals surface area contributed by atoms with Crippen molar-refractivity contribution in [1.82, 2.24) is 14.9 Å². The van der Waals surface area contributed by atoms with Crippen LogP contribution >= 0.6 is 0 Å². The van der Waals surface area contributed by atoms with Gasteiger partial charge in [-0.3, -0.25) is 10.1 Å². The highest BCUT2D eigenvalue weighted by Gasteiger charge is 2.26. The molecule has 0 amide bonds. The molecule has 0 atom stereocenters. The minimum Gasteiger partial charge on any atom is -0.399 e. The normalized spacial score (nSPS) is 11.5. The second-order valence-electron chi connectivity index (χ2n) is 4.04. The maximum Gasteiger partial charge on any atom is 0.289 e. The highest BCUT2D eigenvalue weighted by Crippen LogP contribution is 2.25. The summed E-state index contributed by atoms with van der Waals surface area (Å²) in [6.45, 7) is 1.29. The fourth-order valence-corrected chi connectivity index (χ4v) is 2.73. The second-order valence-corrected chi connectivity index (χ2v) is 5.77. The molecule has 0 aliphatic rings. The van der Waals surface area contributed by atoms with Crippen LogP contribution in [0, 0.1) is 17.0 Å². The van der Waals surface area contributed by atoms with Crippen LogP contribution in [0.15, 0.2) is 27.6 Å². The predicted octanol–water partition coefficient (Wildman–Crippen LogP) is 0.347. The number of nitrogens with two attached hydrogens (primary N) is 1. The van der Waals surface area contributed by atoms with Crippen LogP contribution in [0.1, 0.15) is 11.7 Å². The van der Waals surface area contributed by atoms with Crippen LogP contribution in [0.25, 0.3) is 0 Å². The van der Waals surface area contributed by atoms with Gasteiger partial charge in [-0.05, 0) is 12.1 Å². The quantitative estimate of drug-likeness (QED) is 0.455. The smallest absolute Gasteiger partial charge is 0.289 e. The lowest BCUT2D eigenvalue weighted by molar-refractivity contribution is -0.387. The first kappa shape index (κ1) is 14.9. The Morgan fingerprint density at radius 2 is 2.19 bits per heavy atom. The average molecular weight is 313 g/mol. The molecule has 1 aromatic heterocycles. The Labute approximate surface area is 119 Å². The summed E-state index contributed by atoms with van der Waals surface area (Å²) in [5, 5.41) is 14.4. The topological polar surface area (TPSA) is 154 Å². The zero-order valence-electron chi connectivity index (χ0n) is 10.8. The molecule has 0 saturated carbocycles. The van der Waals surface area contributed by atoms with Crippen molar-refractivity contribution in [3.05, 3.63) is 40.0 Å². The van der Waals surface area contributed by atoms with Crippen LogP contribution in [0.4, 0.5) is 11.4 Å². The van der Waals surface area contributed by atoms with E-state index < -0.39 is 25.5 Å². The maximum atomic E-state index is 12.1. The van der Waals surface area contributed by atoms with E-state index in [0.29, 0.717) is 0 Å². The molecule has 0 radical (unpaired) electrons. The van der Waals surface area contributed by atoms with Crippen LogP contribution in [0.2, 0.25) is 0 Å². The van der Waals surface area contributed by atoms with Crippen LogP contribution in [0.3, 0.4) is 0 Å². The van der Waals surface area contributed by atoms with Crippen molar-refractivity contribution in [3.63, 3.8) is 0 Å². The summed E-state index contributed by atoms with van der Waals surface area (Å²) >= 11 is 0. The number of nitrogens with zero attached hydrogens (tertiary/aromatic N) is 3. The van der Waals surface area contributed by atoms with Gasteiger partial charge in [-0.15, -0.1) is 0 Å². The molecule has 2 rings (SSSR count). The van der Waals surface area contributed by atoms with Gasteiger partial charge in [0.15, 0.2) is 10.7 Å². The van der Waals surface area contributed by atoms with Gasteiger partial charge in [-0.25, -0.2) is 13.1 Å². The first-order valence-electron chi connectivity index (χ1n) is 5.62. The Morgan fingerprint density at radius 1 is 1.48 bits per heavy atom. The molecule has 0 unspecified atom stereocenters.